The zero-order valence-electron chi connectivity index (χ0n) is 14.7. The molecule has 8 nitrogen and oxygen atoms in total. The molecule has 136 valence electrons. The maximum Gasteiger partial charge on any atom is 0.341 e. The number of fused-ring (bicyclic) bond motifs is 1. The van der Waals surface area contributed by atoms with Crippen molar-refractivity contribution in [2.75, 3.05) is 14.2 Å². The van der Waals surface area contributed by atoms with Gasteiger partial charge in [-0.15, -0.1) is 10.2 Å². The molecule has 0 amide bonds. The van der Waals surface area contributed by atoms with E-state index in [0.29, 0.717) is 23.3 Å². The fraction of sp³-hybridized carbons (Fsp3) is 0.444. The van der Waals surface area contributed by atoms with Crippen molar-refractivity contribution in [1.29, 1.82) is 0 Å². The Morgan fingerprint density at radius 2 is 2.04 bits per heavy atom. The SMILES string of the molecule is COC(=O)c1cc2cn(C3CCC(c4nnco4)CC3)nc2cc1OC. The molecule has 0 atom stereocenters. The number of carbonyl (C=O) groups is 1. The Hall–Kier alpha value is -2.90. The van der Waals surface area contributed by atoms with Crippen LogP contribution in [-0.4, -0.2) is 40.2 Å². The number of nitrogens with zero attached hydrogens (tertiary/aromatic N) is 4. The summed E-state index contributed by atoms with van der Waals surface area (Å²) in [7, 11) is 2.89. The smallest absolute Gasteiger partial charge is 0.341 e. The molecule has 8 heteroatoms. The van der Waals surface area contributed by atoms with Gasteiger partial charge in [-0.25, -0.2) is 4.79 Å². The first-order valence-corrected chi connectivity index (χ1v) is 8.61. The van der Waals surface area contributed by atoms with Crippen LogP contribution >= 0.6 is 0 Å². The molecule has 3 aromatic rings. The lowest BCUT2D eigenvalue weighted by atomic mass is 9.86. The number of benzene rings is 1. The molecule has 0 aliphatic heterocycles. The quantitative estimate of drug-likeness (QED) is 0.663. The first-order chi connectivity index (χ1) is 12.7. The van der Waals surface area contributed by atoms with Crippen LogP contribution in [0.1, 0.15) is 53.9 Å². The van der Waals surface area contributed by atoms with Gasteiger partial charge in [0.1, 0.15) is 11.3 Å². The second kappa shape index (κ2) is 6.78. The summed E-state index contributed by atoms with van der Waals surface area (Å²) in [5, 5.41) is 13.4. The van der Waals surface area contributed by atoms with E-state index in [1.165, 1.54) is 20.6 Å². The predicted octanol–water partition coefficient (Wildman–Crippen LogP) is 3.11. The van der Waals surface area contributed by atoms with Crippen molar-refractivity contribution in [2.45, 2.75) is 37.6 Å². The Kier molecular flexibility index (Phi) is 4.32. The van der Waals surface area contributed by atoms with E-state index in [9.17, 15) is 4.79 Å². The summed E-state index contributed by atoms with van der Waals surface area (Å²) in [6.45, 7) is 0. The molecule has 1 fully saturated rings. The van der Waals surface area contributed by atoms with Gasteiger partial charge in [0.2, 0.25) is 12.3 Å². The maximum absolute atomic E-state index is 11.9. The third-order valence-corrected chi connectivity index (χ3v) is 5.05. The van der Waals surface area contributed by atoms with E-state index in [4.69, 9.17) is 19.0 Å². The molecule has 1 aliphatic carbocycles. The molecular weight excluding hydrogens is 336 g/mol. The van der Waals surface area contributed by atoms with Crippen molar-refractivity contribution >= 4 is 16.9 Å². The number of esters is 1. The van der Waals surface area contributed by atoms with Crippen LogP contribution in [0, 0.1) is 0 Å². The van der Waals surface area contributed by atoms with Crippen molar-refractivity contribution in [3.8, 4) is 5.75 Å². The minimum Gasteiger partial charge on any atom is -0.496 e. The Labute approximate surface area is 150 Å². The lowest BCUT2D eigenvalue weighted by molar-refractivity contribution is 0.0597. The van der Waals surface area contributed by atoms with Gasteiger partial charge >= 0.3 is 5.97 Å². The van der Waals surface area contributed by atoms with Crippen LogP contribution in [0.5, 0.6) is 5.75 Å². The number of hydrogen-bond acceptors (Lipinski definition) is 7. The highest BCUT2D eigenvalue weighted by Gasteiger charge is 2.27. The number of aromatic nitrogens is 4. The molecule has 0 spiro atoms. The zero-order valence-corrected chi connectivity index (χ0v) is 14.7. The molecule has 0 saturated heterocycles. The van der Waals surface area contributed by atoms with E-state index in [1.54, 1.807) is 12.1 Å². The average Bonchev–Trinajstić information content (AvgIpc) is 3.35. The molecule has 1 aliphatic rings. The Balaban J connectivity index is 1.57. The fourth-order valence-electron chi connectivity index (χ4n) is 3.64. The second-order valence-electron chi connectivity index (χ2n) is 6.49. The highest BCUT2D eigenvalue weighted by atomic mass is 16.5. The number of ether oxygens (including phenoxy) is 2. The second-order valence-corrected chi connectivity index (χ2v) is 6.49. The van der Waals surface area contributed by atoms with Crippen molar-refractivity contribution in [3.05, 3.63) is 36.2 Å². The van der Waals surface area contributed by atoms with Crippen molar-refractivity contribution in [3.63, 3.8) is 0 Å². The Bertz CT molecular complexity index is 911. The normalized spacial score (nSPS) is 20.2. The summed E-state index contributed by atoms with van der Waals surface area (Å²) >= 11 is 0. The van der Waals surface area contributed by atoms with E-state index in [-0.39, 0.29) is 0 Å². The van der Waals surface area contributed by atoms with Crippen LogP contribution in [0.4, 0.5) is 0 Å². The van der Waals surface area contributed by atoms with Crippen molar-refractivity contribution < 1.29 is 18.7 Å². The molecule has 0 N–H and O–H groups in total. The van der Waals surface area contributed by atoms with Gasteiger partial charge in [-0.1, -0.05) is 0 Å². The van der Waals surface area contributed by atoms with Gasteiger partial charge in [-0.2, -0.15) is 5.10 Å². The summed E-state index contributed by atoms with van der Waals surface area (Å²) in [4.78, 5) is 11.9. The minimum atomic E-state index is -0.420. The number of carbonyl (C=O) groups excluding carboxylic acids is 1. The van der Waals surface area contributed by atoms with E-state index < -0.39 is 5.97 Å². The summed E-state index contributed by atoms with van der Waals surface area (Å²) in [6, 6.07) is 3.87. The summed E-state index contributed by atoms with van der Waals surface area (Å²) in [6.07, 6.45) is 7.32. The topological polar surface area (TPSA) is 92.3 Å². The average molecular weight is 356 g/mol. The molecule has 4 rings (SSSR count). The highest BCUT2D eigenvalue weighted by molar-refractivity contribution is 5.97. The van der Waals surface area contributed by atoms with Gasteiger partial charge in [0.25, 0.3) is 0 Å². The summed E-state index contributed by atoms with van der Waals surface area (Å²) in [5.74, 6) is 1.09. The summed E-state index contributed by atoms with van der Waals surface area (Å²) in [5.41, 5.74) is 1.20. The van der Waals surface area contributed by atoms with E-state index in [2.05, 4.69) is 10.2 Å². The predicted molar refractivity (Wildman–Crippen MR) is 92.2 cm³/mol. The van der Waals surface area contributed by atoms with Crippen LogP contribution in [0.25, 0.3) is 10.9 Å². The third kappa shape index (κ3) is 2.91. The minimum absolute atomic E-state index is 0.314. The fourth-order valence-corrected chi connectivity index (χ4v) is 3.64. The standard InChI is InChI=1S/C18H20N4O4/c1-24-16-8-15-12(7-14(16)18(23)25-2)9-22(21-15)13-5-3-11(4-6-13)17-20-19-10-26-17/h7-11,13H,3-6H2,1-2H3. The molecule has 2 aromatic heterocycles. The number of rotatable bonds is 4. The molecular formula is C18H20N4O4. The van der Waals surface area contributed by atoms with Gasteiger partial charge in [0, 0.05) is 23.6 Å². The number of methoxy groups -OCH3 is 2. The largest absolute Gasteiger partial charge is 0.496 e. The van der Waals surface area contributed by atoms with Crippen LogP contribution in [0.2, 0.25) is 0 Å². The van der Waals surface area contributed by atoms with Crippen molar-refractivity contribution in [2.24, 2.45) is 0 Å². The Morgan fingerprint density at radius 3 is 2.69 bits per heavy atom. The van der Waals surface area contributed by atoms with E-state index >= 15 is 0 Å². The van der Waals surface area contributed by atoms with Crippen LogP contribution in [0.3, 0.4) is 0 Å². The monoisotopic (exact) mass is 356 g/mol. The molecule has 0 unspecified atom stereocenters. The van der Waals surface area contributed by atoms with Gasteiger partial charge in [0.05, 0.1) is 25.8 Å². The van der Waals surface area contributed by atoms with Gasteiger partial charge in [-0.05, 0) is 31.7 Å². The van der Waals surface area contributed by atoms with Gasteiger partial charge in [0.15, 0.2) is 0 Å². The molecule has 2 heterocycles. The van der Waals surface area contributed by atoms with E-state index in [0.717, 1.165) is 42.5 Å². The van der Waals surface area contributed by atoms with Crippen LogP contribution in [0.15, 0.2) is 29.1 Å². The molecule has 0 radical (unpaired) electrons. The van der Waals surface area contributed by atoms with Gasteiger partial charge < -0.3 is 13.9 Å². The summed E-state index contributed by atoms with van der Waals surface area (Å²) < 4.78 is 17.5. The lowest BCUT2D eigenvalue weighted by Crippen LogP contribution is -2.17. The van der Waals surface area contributed by atoms with Crippen LogP contribution < -0.4 is 4.74 Å². The molecule has 0 bridgehead atoms. The molecule has 26 heavy (non-hydrogen) atoms. The highest BCUT2D eigenvalue weighted by Crippen LogP contribution is 2.37. The molecule has 1 aromatic carbocycles. The first-order valence-electron chi connectivity index (χ1n) is 8.61. The molecule has 1 saturated carbocycles. The van der Waals surface area contributed by atoms with Gasteiger partial charge in [-0.3, -0.25) is 4.68 Å². The number of hydrogen-bond donors (Lipinski definition) is 0. The third-order valence-electron chi connectivity index (χ3n) is 5.05. The maximum atomic E-state index is 11.9. The lowest BCUT2D eigenvalue weighted by Gasteiger charge is -2.26. The van der Waals surface area contributed by atoms with E-state index in [1.807, 2.05) is 10.9 Å². The van der Waals surface area contributed by atoms with Crippen LogP contribution in [-0.2, 0) is 4.74 Å². The zero-order chi connectivity index (χ0) is 18.1. The van der Waals surface area contributed by atoms with Crippen molar-refractivity contribution in [1.82, 2.24) is 20.0 Å². The first kappa shape index (κ1) is 16.6. The Morgan fingerprint density at radius 1 is 1.23 bits per heavy atom.